The molecule has 33 heavy (non-hydrogen) atoms. The van der Waals surface area contributed by atoms with Crippen molar-refractivity contribution in [3.05, 3.63) is 83.4 Å². The predicted octanol–water partition coefficient (Wildman–Crippen LogP) is 6.56. The van der Waals surface area contributed by atoms with E-state index in [4.69, 9.17) is 9.47 Å². The number of hydrogen-bond donors (Lipinski definition) is 2. The molecule has 4 aromatic rings. The average Bonchev–Trinajstić information content (AvgIpc) is 3.16. The minimum atomic E-state index is -0.861. The molecule has 0 aliphatic carbocycles. The monoisotopic (exact) mass is 443 g/mol. The van der Waals surface area contributed by atoms with Gasteiger partial charge in [-0.3, -0.25) is 4.79 Å². The lowest BCUT2D eigenvalue weighted by atomic mass is 9.97. The molecule has 0 bridgehead atoms. The van der Waals surface area contributed by atoms with Gasteiger partial charge < -0.3 is 19.6 Å². The van der Waals surface area contributed by atoms with Gasteiger partial charge in [0.05, 0.1) is 18.7 Å². The van der Waals surface area contributed by atoms with Gasteiger partial charge in [0.1, 0.15) is 6.61 Å². The Hall–Kier alpha value is -3.73. The second-order valence-corrected chi connectivity index (χ2v) is 8.38. The Morgan fingerprint density at radius 2 is 1.76 bits per heavy atom. The molecule has 0 radical (unpaired) electrons. The number of aliphatic carboxylic acids is 1. The van der Waals surface area contributed by atoms with Crippen molar-refractivity contribution < 1.29 is 19.4 Å². The third-order valence-corrected chi connectivity index (χ3v) is 5.69. The van der Waals surface area contributed by atoms with Crippen LogP contribution in [0.5, 0.6) is 11.5 Å². The second-order valence-electron chi connectivity index (χ2n) is 8.38. The molecule has 1 aromatic heterocycles. The van der Waals surface area contributed by atoms with Gasteiger partial charge in [0.25, 0.3) is 0 Å². The maximum Gasteiger partial charge on any atom is 0.307 e. The molecule has 0 atom stereocenters. The van der Waals surface area contributed by atoms with Gasteiger partial charge in [-0.25, -0.2) is 0 Å². The van der Waals surface area contributed by atoms with Crippen LogP contribution in [0.3, 0.4) is 0 Å². The molecule has 0 aliphatic heterocycles. The molecule has 0 amide bonds. The Labute approximate surface area is 194 Å². The normalized spacial score (nSPS) is 11.2. The zero-order valence-electron chi connectivity index (χ0n) is 19.2. The minimum Gasteiger partial charge on any atom is -0.490 e. The van der Waals surface area contributed by atoms with Crippen molar-refractivity contribution in [3.8, 4) is 22.8 Å². The van der Waals surface area contributed by atoms with Gasteiger partial charge in [0.2, 0.25) is 0 Å². The summed E-state index contributed by atoms with van der Waals surface area (Å²) in [5.41, 5.74) is 5.62. The Bertz CT molecular complexity index is 1260. The first-order valence-corrected chi connectivity index (χ1v) is 11.3. The van der Waals surface area contributed by atoms with E-state index in [0.29, 0.717) is 30.6 Å². The lowest BCUT2D eigenvalue weighted by molar-refractivity contribution is -0.136. The van der Waals surface area contributed by atoms with Crippen LogP contribution in [0, 0.1) is 0 Å². The van der Waals surface area contributed by atoms with E-state index in [2.05, 4.69) is 31.0 Å². The molecule has 5 nitrogen and oxygen atoms in total. The summed E-state index contributed by atoms with van der Waals surface area (Å²) in [5, 5.41) is 10.5. The van der Waals surface area contributed by atoms with Crippen molar-refractivity contribution in [2.75, 3.05) is 6.61 Å². The first-order valence-electron chi connectivity index (χ1n) is 11.3. The molecule has 1 heterocycles. The molecular weight excluding hydrogens is 414 g/mol. The van der Waals surface area contributed by atoms with E-state index in [1.165, 1.54) is 5.56 Å². The number of carboxylic acid groups (broad SMARTS) is 1. The van der Waals surface area contributed by atoms with Crippen LogP contribution in [0.15, 0.2) is 66.7 Å². The lowest BCUT2D eigenvalue weighted by Crippen LogP contribution is -2.02. The molecule has 4 rings (SSSR count). The molecule has 2 N–H and O–H groups in total. The summed E-state index contributed by atoms with van der Waals surface area (Å²) in [6.45, 7) is 7.13. The minimum absolute atomic E-state index is 0.0624. The van der Waals surface area contributed by atoms with E-state index in [1.807, 2.05) is 61.5 Å². The highest BCUT2D eigenvalue weighted by atomic mass is 16.5. The highest BCUT2D eigenvalue weighted by Crippen LogP contribution is 2.37. The van der Waals surface area contributed by atoms with Crippen molar-refractivity contribution in [2.24, 2.45) is 0 Å². The van der Waals surface area contributed by atoms with Gasteiger partial charge in [0.15, 0.2) is 11.5 Å². The molecule has 0 saturated carbocycles. The summed E-state index contributed by atoms with van der Waals surface area (Å²) < 4.78 is 11.9. The topological polar surface area (TPSA) is 71.6 Å². The van der Waals surface area contributed by atoms with E-state index < -0.39 is 5.97 Å². The first kappa shape index (κ1) is 22.5. The Kier molecular flexibility index (Phi) is 6.68. The van der Waals surface area contributed by atoms with Crippen molar-refractivity contribution in [1.29, 1.82) is 0 Å². The van der Waals surface area contributed by atoms with Gasteiger partial charge in [-0.1, -0.05) is 50.2 Å². The number of ether oxygens (including phenoxy) is 2. The molecule has 170 valence electrons. The standard InChI is InChI=1S/C28H29NO4/c1-4-32-26-15-21(11-13-25(26)33-17-19-8-6-5-7-9-19)28-23(16-27(30)31)22-14-20(18(2)3)10-12-24(22)29-28/h5-15,18,29H,4,16-17H2,1-3H3,(H,30,31). The van der Waals surface area contributed by atoms with E-state index in [-0.39, 0.29) is 6.42 Å². The second kappa shape index (κ2) is 9.82. The molecule has 3 aromatic carbocycles. The number of fused-ring (bicyclic) bond motifs is 1. The van der Waals surface area contributed by atoms with E-state index in [1.54, 1.807) is 0 Å². The SMILES string of the molecule is CCOc1cc(-c2[nH]c3ccc(C(C)C)cc3c2CC(=O)O)ccc1OCc1ccccc1. The average molecular weight is 444 g/mol. The van der Waals surface area contributed by atoms with Crippen LogP contribution in [0.4, 0.5) is 0 Å². The Morgan fingerprint density at radius 1 is 0.970 bits per heavy atom. The number of H-pyrrole nitrogens is 1. The molecule has 0 spiro atoms. The zero-order valence-corrected chi connectivity index (χ0v) is 19.2. The summed E-state index contributed by atoms with van der Waals surface area (Å²) in [6.07, 6.45) is -0.0624. The first-order chi connectivity index (χ1) is 16.0. The van der Waals surface area contributed by atoms with Crippen LogP contribution in [0.1, 0.15) is 43.4 Å². The van der Waals surface area contributed by atoms with Crippen LogP contribution in [-0.4, -0.2) is 22.7 Å². The Balaban J connectivity index is 1.74. The maximum atomic E-state index is 11.7. The van der Waals surface area contributed by atoms with E-state index in [0.717, 1.165) is 33.3 Å². The van der Waals surface area contributed by atoms with Gasteiger partial charge in [-0.2, -0.15) is 0 Å². The highest BCUT2D eigenvalue weighted by molar-refractivity contribution is 5.94. The molecule has 0 aliphatic rings. The third kappa shape index (κ3) is 5.03. The van der Waals surface area contributed by atoms with E-state index in [9.17, 15) is 9.90 Å². The van der Waals surface area contributed by atoms with E-state index >= 15 is 0 Å². The molecule has 0 fully saturated rings. The molecule has 0 saturated heterocycles. The van der Waals surface area contributed by atoms with Crippen LogP contribution < -0.4 is 9.47 Å². The zero-order chi connectivity index (χ0) is 23.4. The quantitative estimate of drug-likeness (QED) is 0.307. The molecule has 0 unspecified atom stereocenters. The van der Waals surface area contributed by atoms with Gasteiger partial charge in [-0.05, 0) is 59.9 Å². The van der Waals surface area contributed by atoms with Crippen LogP contribution in [0.2, 0.25) is 0 Å². The lowest BCUT2D eigenvalue weighted by Gasteiger charge is -2.14. The Morgan fingerprint density at radius 3 is 2.45 bits per heavy atom. The summed E-state index contributed by atoms with van der Waals surface area (Å²) in [7, 11) is 0. The van der Waals surface area contributed by atoms with Gasteiger partial charge in [0, 0.05) is 16.5 Å². The fourth-order valence-electron chi connectivity index (χ4n) is 3.99. The fourth-order valence-corrected chi connectivity index (χ4v) is 3.99. The van der Waals surface area contributed by atoms with Crippen molar-refractivity contribution in [3.63, 3.8) is 0 Å². The smallest absolute Gasteiger partial charge is 0.307 e. The molecular formula is C28H29NO4. The van der Waals surface area contributed by atoms with Crippen molar-refractivity contribution in [1.82, 2.24) is 4.98 Å². The number of hydrogen-bond acceptors (Lipinski definition) is 3. The summed E-state index contributed by atoms with van der Waals surface area (Å²) in [6, 6.07) is 21.9. The number of rotatable bonds is 9. The van der Waals surface area contributed by atoms with Crippen LogP contribution in [0.25, 0.3) is 22.2 Å². The van der Waals surface area contributed by atoms with Crippen LogP contribution >= 0.6 is 0 Å². The number of carbonyl (C=O) groups is 1. The number of carboxylic acids is 1. The summed E-state index contributed by atoms with van der Waals surface area (Å²) in [5.74, 6) is 0.784. The van der Waals surface area contributed by atoms with Gasteiger partial charge >= 0.3 is 5.97 Å². The van der Waals surface area contributed by atoms with Crippen LogP contribution in [-0.2, 0) is 17.8 Å². The largest absolute Gasteiger partial charge is 0.490 e. The predicted molar refractivity (Wildman–Crippen MR) is 131 cm³/mol. The molecule has 5 heteroatoms. The fraction of sp³-hybridized carbons (Fsp3) is 0.250. The number of benzene rings is 3. The summed E-state index contributed by atoms with van der Waals surface area (Å²) >= 11 is 0. The van der Waals surface area contributed by atoms with Crippen molar-refractivity contribution >= 4 is 16.9 Å². The maximum absolute atomic E-state index is 11.7. The van der Waals surface area contributed by atoms with Gasteiger partial charge in [-0.15, -0.1) is 0 Å². The number of nitrogens with one attached hydrogen (secondary N) is 1. The number of aromatic amines is 1. The van der Waals surface area contributed by atoms with Crippen molar-refractivity contribution in [2.45, 2.75) is 39.7 Å². The summed E-state index contributed by atoms with van der Waals surface area (Å²) in [4.78, 5) is 15.1. The highest BCUT2D eigenvalue weighted by Gasteiger charge is 2.18. The number of aromatic nitrogens is 1. The third-order valence-electron chi connectivity index (χ3n) is 5.69.